The van der Waals surface area contributed by atoms with Gasteiger partial charge in [0.05, 0.1) is 12.5 Å². The number of aliphatic carboxylic acids is 1. The number of amides is 1. The molecule has 0 aliphatic carbocycles. The third kappa shape index (κ3) is 10.6. The number of alkyl halides is 1. The number of hydrogen-bond acceptors (Lipinski definition) is 3. The predicted molar refractivity (Wildman–Crippen MR) is 70.2 cm³/mol. The standard InChI is InChI=1S/C14H26FNO3.Na/c1-3-5-6-7-8-9-10-12(15)14(19)16(4-2)11-13(17)18;/h12H,3-11H2,1-2H3,(H,17,18);/q;+1/p-1. The first-order valence-electron chi connectivity index (χ1n) is 7.15. The fourth-order valence-electron chi connectivity index (χ4n) is 1.93. The minimum absolute atomic E-state index is 0. The van der Waals surface area contributed by atoms with Gasteiger partial charge in [0.15, 0.2) is 6.17 Å². The van der Waals surface area contributed by atoms with Crippen LogP contribution in [0.4, 0.5) is 4.39 Å². The van der Waals surface area contributed by atoms with E-state index in [9.17, 15) is 19.1 Å². The van der Waals surface area contributed by atoms with Gasteiger partial charge in [-0.05, 0) is 13.3 Å². The van der Waals surface area contributed by atoms with Crippen LogP contribution < -0.4 is 34.7 Å². The molecule has 0 heterocycles. The van der Waals surface area contributed by atoms with Crippen molar-refractivity contribution >= 4 is 11.9 Å². The topological polar surface area (TPSA) is 60.4 Å². The van der Waals surface area contributed by atoms with E-state index >= 15 is 0 Å². The summed E-state index contributed by atoms with van der Waals surface area (Å²) in [6.07, 6.45) is 4.73. The van der Waals surface area contributed by atoms with Gasteiger partial charge in [0, 0.05) is 6.54 Å². The molecule has 0 saturated heterocycles. The third-order valence-electron chi connectivity index (χ3n) is 3.09. The summed E-state index contributed by atoms with van der Waals surface area (Å²) in [7, 11) is 0. The molecule has 1 unspecified atom stereocenters. The Kier molecular flexibility index (Phi) is 15.3. The smallest absolute Gasteiger partial charge is 0.548 e. The Bertz CT molecular complexity index is 277. The van der Waals surface area contributed by atoms with Crippen LogP contribution in [0.1, 0.15) is 58.8 Å². The summed E-state index contributed by atoms with van der Waals surface area (Å²) in [6, 6.07) is 0. The van der Waals surface area contributed by atoms with E-state index < -0.39 is 24.6 Å². The number of hydrogen-bond donors (Lipinski definition) is 0. The van der Waals surface area contributed by atoms with Crippen molar-refractivity contribution in [3.63, 3.8) is 0 Å². The monoisotopic (exact) mass is 297 g/mol. The number of carboxylic acid groups (broad SMARTS) is 1. The van der Waals surface area contributed by atoms with Crippen LogP contribution in [0.15, 0.2) is 0 Å². The van der Waals surface area contributed by atoms with Crippen molar-refractivity contribution in [2.45, 2.75) is 65.0 Å². The molecule has 0 aliphatic heterocycles. The summed E-state index contributed by atoms with van der Waals surface area (Å²) in [5.41, 5.74) is 0. The predicted octanol–water partition coefficient (Wildman–Crippen LogP) is -1.32. The van der Waals surface area contributed by atoms with Crippen LogP contribution in [0.3, 0.4) is 0 Å². The summed E-state index contributed by atoms with van der Waals surface area (Å²) in [5.74, 6) is -2.10. The van der Waals surface area contributed by atoms with E-state index in [4.69, 9.17) is 0 Å². The van der Waals surface area contributed by atoms with Crippen LogP contribution in [-0.4, -0.2) is 36.0 Å². The fraction of sp³-hybridized carbons (Fsp3) is 0.857. The van der Waals surface area contributed by atoms with Gasteiger partial charge in [-0.25, -0.2) is 4.39 Å². The molecule has 0 aromatic rings. The molecule has 0 spiro atoms. The van der Waals surface area contributed by atoms with E-state index in [-0.39, 0.29) is 42.5 Å². The van der Waals surface area contributed by atoms with Crippen molar-refractivity contribution in [1.82, 2.24) is 4.90 Å². The molecule has 1 amide bonds. The molecule has 4 nitrogen and oxygen atoms in total. The van der Waals surface area contributed by atoms with Crippen LogP contribution in [0.5, 0.6) is 0 Å². The summed E-state index contributed by atoms with van der Waals surface area (Å²) in [4.78, 5) is 23.0. The van der Waals surface area contributed by atoms with Gasteiger partial charge in [0.25, 0.3) is 5.91 Å². The average Bonchev–Trinajstić information content (AvgIpc) is 2.38. The molecule has 0 N–H and O–H groups in total. The second-order valence-electron chi connectivity index (χ2n) is 4.75. The van der Waals surface area contributed by atoms with Crippen LogP contribution in [0.2, 0.25) is 0 Å². The molecule has 6 heteroatoms. The van der Waals surface area contributed by atoms with E-state index in [0.717, 1.165) is 24.2 Å². The zero-order valence-electron chi connectivity index (χ0n) is 13.0. The molecular formula is C14H25FNNaO3. The van der Waals surface area contributed by atoms with E-state index in [1.54, 1.807) is 6.92 Å². The Balaban J connectivity index is 0. The molecule has 20 heavy (non-hydrogen) atoms. The minimum atomic E-state index is -1.59. The number of nitrogens with zero attached hydrogens (tertiary/aromatic N) is 1. The summed E-state index contributed by atoms with van der Waals surface area (Å²) < 4.78 is 13.7. The van der Waals surface area contributed by atoms with Gasteiger partial charge < -0.3 is 14.8 Å². The number of carboxylic acids is 1. The van der Waals surface area contributed by atoms with Gasteiger partial charge >= 0.3 is 29.6 Å². The number of carbonyl (C=O) groups is 2. The molecule has 0 saturated carbocycles. The zero-order valence-corrected chi connectivity index (χ0v) is 15.0. The van der Waals surface area contributed by atoms with E-state index in [2.05, 4.69) is 6.92 Å². The maximum Gasteiger partial charge on any atom is 1.00 e. The molecule has 0 aliphatic rings. The van der Waals surface area contributed by atoms with Gasteiger partial charge in [-0.2, -0.15) is 0 Å². The first-order chi connectivity index (χ1) is 9.02. The van der Waals surface area contributed by atoms with E-state index in [1.165, 1.54) is 12.8 Å². The fourth-order valence-corrected chi connectivity index (χ4v) is 1.93. The first kappa shape index (κ1) is 22.2. The molecule has 1 atom stereocenters. The Morgan fingerprint density at radius 2 is 1.65 bits per heavy atom. The molecule has 0 rings (SSSR count). The van der Waals surface area contributed by atoms with Crippen molar-refractivity contribution in [2.75, 3.05) is 13.1 Å². The van der Waals surface area contributed by atoms with Gasteiger partial charge in [-0.1, -0.05) is 45.4 Å². The van der Waals surface area contributed by atoms with E-state index in [0.29, 0.717) is 6.42 Å². The number of unbranched alkanes of at least 4 members (excludes halogenated alkanes) is 5. The average molecular weight is 297 g/mol. The normalized spacial score (nSPS) is 11.6. The van der Waals surface area contributed by atoms with Crippen molar-refractivity contribution in [2.24, 2.45) is 0 Å². The molecule has 0 aromatic heterocycles. The third-order valence-corrected chi connectivity index (χ3v) is 3.09. The maximum atomic E-state index is 13.7. The van der Waals surface area contributed by atoms with Crippen LogP contribution in [0, 0.1) is 0 Å². The van der Waals surface area contributed by atoms with E-state index in [1.807, 2.05) is 0 Å². The molecule has 0 radical (unpaired) electrons. The Labute approximate surface area is 143 Å². The minimum Gasteiger partial charge on any atom is -0.548 e. The van der Waals surface area contributed by atoms with Crippen molar-refractivity contribution < 1.29 is 48.6 Å². The number of likely N-dealkylation sites (N-methyl/N-ethyl adjacent to an activating group) is 1. The van der Waals surface area contributed by atoms with Gasteiger partial charge in [-0.3, -0.25) is 4.79 Å². The molecular weight excluding hydrogens is 272 g/mol. The maximum absolute atomic E-state index is 13.7. The molecule has 0 fully saturated rings. The first-order valence-corrected chi connectivity index (χ1v) is 7.15. The molecule has 0 aromatic carbocycles. The SMILES string of the molecule is CCCCCCCCC(F)C(=O)N(CC)CC(=O)[O-].[Na+]. The largest absolute Gasteiger partial charge is 1.00 e. The Hall–Kier alpha value is -0.130. The van der Waals surface area contributed by atoms with Crippen molar-refractivity contribution in [1.29, 1.82) is 0 Å². The summed E-state index contributed by atoms with van der Waals surface area (Å²) in [6.45, 7) is 3.40. The number of carbonyl (C=O) groups excluding carboxylic acids is 2. The van der Waals surface area contributed by atoms with Crippen molar-refractivity contribution in [3.05, 3.63) is 0 Å². The van der Waals surface area contributed by atoms with Crippen LogP contribution in [0.25, 0.3) is 0 Å². The van der Waals surface area contributed by atoms with Gasteiger partial charge in [-0.15, -0.1) is 0 Å². The second kappa shape index (κ2) is 13.8. The second-order valence-corrected chi connectivity index (χ2v) is 4.75. The summed E-state index contributed by atoms with van der Waals surface area (Å²) >= 11 is 0. The number of rotatable bonds is 11. The van der Waals surface area contributed by atoms with Crippen LogP contribution >= 0.6 is 0 Å². The van der Waals surface area contributed by atoms with Crippen LogP contribution in [-0.2, 0) is 9.59 Å². The van der Waals surface area contributed by atoms with Gasteiger partial charge in [0.2, 0.25) is 0 Å². The quantitative estimate of drug-likeness (QED) is 0.351. The van der Waals surface area contributed by atoms with Crippen molar-refractivity contribution in [3.8, 4) is 0 Å². The van der Waals surface area contributed by atoms with Gasteiger partial charge in [0.1, 0.15) is 0 Å². The number of halogens is 1. The molecule has 0 bridgehead atoms. The summed E-state index contributed by atoms with van der Waals surface area (Å²) in [5, 5.41) is 10.4. The zero-order chi connectivity index (χ0) is 14.7. The Morgan fingerprint density at radius 3 is 2.15 bits per heavy atom. The Morgan fingerprint density at radius 1 is 1.10 bits per heavy atom. The molecule has 112 valence electrons.